The maximum Gasteiger partial charge on any atom is 0.256 e. The largest absolute Gasteiger partial charge is 0.309 e. The van der Waals surface area contributed by atoms with E-state index in [2.05, 4.69) is 23.6 Å². The molecule has 1 aromatic carbocycles. The van der Waals surface area contributed by atoms with E-state index in [0.717, 1.165) is 5.69 Å². The summed E-state index contributed by atoms with van der Waals surface area (Å²) in [7, 11) is 0. The number of allylic oxidation sites excluding steroid dienone is 2. The van der Waals surface area contributed by atoms with E-state index in [9.17, 15) is 4.79 Å². The number of amidine groups is 1. The van der Waals surface area contributed by atoms with E-state index in [0.29, 0.717) is 34.4 Å². The fourth-order valence-electron chi connectivity index (χ4n) is 1.94. The highest BCUT2D eigenvalue weighted by Crippen LogP contribution is 2.28. The first kappa shape index (κ1) is 20.0. The second kappa shape index (κ2) is 9.96. The van der Waals surface area contributed by atoms with Gasteiger partial charge in [0.2, 0.25) is 0 Å². The molecule has 2 rings (SSSR count). The minimum atomic E-state index is -0.260. The van der Waals surface area contributed by atoms with E-state index >= 15 is 0 Å². The number of nitrogens with one attached hydrogen (secondary N) is 1. The molecule has 1 aromatic rings. The summed E-state index contributed by atoms with van der Waals surface area (Å²) in [5.74, 6) is 0.331. The molecule has 0 spiro atoms. The fraction of sp³-hybridized carbons (Fsp3) is 0.222. The fourth-order valence-corrected chi connectivity index (χ4v) is 2.24. The Morgan fingerprint density at radius 2 is 2.00 bits per heavy atom. The summed E-state index contributed by atoms with van der Waals surface area (Å²) in [5, 5.41) is 9.86. The molecule has 1 aliphatic rings. The number of nitrogens with zero attached hydrogens (tertiary/aromatic N) is 2. The lowest BCUT2D eigenvalue weighted by atomic mass is 10.2. The zero-order valence-corrected chi connectivity index (χ0v) is 15.4. The Morgan fingerprint density at radius 1 is 1.29 bits per heavy atom. The summed E-state index contributed by atoms with van der Waals surface area (Å²) in [6.45, 7) is 11.8. The molecule has 128 valence electrons. The van der Waals surface area contributed by atoms with E-state index in [1.807, 2.05) is 19.9 Å². The number of rotatable bonds is 4. The SMILES string of the molecule is C=C/C=C(\C=C)C(=O)NC1=NN(c2ccc(Cl)c(Cl)c2)CC1.CC. The van der Waals surface area contributed by atoms with E-state index in [4.69, 9.17) is 23.2 Å². The van der Waals surface area contributed by atoms with Crippen molar-refractivity contribution in [2.24, 2.45) is 5.10 Å². The molecule has 0 atom stereocenters. The van der Waals surface area contributed by atoms with Crippen molar-refractivity contribution in [3.63, 3.8) is 0 Å². The number of amides is 1. The van der Waals surface area contributed by atoms with Crippen molar-refractivity contribution in [2.45, 2.75) is 20.3 Å². The lowest BCUT2D eigenvalue weighted by molar-refractivity contribution is -0.115. The first-order chi connectivity index (χ1) is 11.5. The van der Waals surface area contributed by atoms with E-state index < -0.39 is 0 Å². The number of halogens is 2. The topological polar surface area (TPSA) is 44.7 Å². The lowest BCUT2D eigenvalue weighted by Crippen LogP contribution is -2.30. The van der Waals surface area contributed by atoms with Crippen LogP contribution in [0.3, 0.4) is 0 Å². The van der Waals surface area contributed by atoms with E-state index in [-0.39, 0.29) is 5.91 Å². The molecule has 0 unspecified atom stereocenters. The van der Waals surface area contributed by atoms with Gasteiger partial charge in [-0.15, -0.1) is 0 Å². The second-order valence-corrected chi connectivity index (χ2v) is 5.35. The van der Waals surface area contributed by atoms with Crippen LogP contribution in [-0.4, -0.2) is 18.3 Å². The number of carbonyl (C=O) groups excluding carboxylic acids is 1. The highest BCUT2D eigenvalue weighted by molar-refractivity contribution is 6.42. The number of hydrazone groups is 1. The maximum absolute atomic E-state index is 12.0. The zero-order chi connectivity index (χ0) is 18.1. The Hall–Kier alpha value is -2.04. The van der Waals surface area contributed by atoms with Crippen LogP contribution in [0.15, 0.2) is 60.3 Å². The molecule has 1 aliphatic heterocycles. The highest BCUT2D eigenvalue weighted by atomic mass is 35.5. The first-order valence-corrected chi connectivity index (χ1v) is 8.37. The van der Waals surface area contributed by atoms with Gasteiger partial charge in [-0.1, -0.05) is 68.4 Å². The second-order valence-electron chi connectivity index (χ2n) is 4.53. The third kappa shape index (κ3) is 5.25. The zero-order valence-electron chi connectivity index (χ0n) is 13.9. The van der Waals surface area contributed by atoms with Gasteiger partial charge in [-0.2, -0.15) is 5.10 Å². The van der Waals surface area contributed by atoms with Crippen LogP contribution in [0.1, 0.15) is 20.3 Å². The third-order valence-corrected chi connectivity index (χ3v) is 3.78. The van der Waals surface area contributed by atoms with Crippen molar-refractivity contribution in [1.82, 2.24) is 5.32 Å². The van der Waals surface area contributed by atoms with Gasteiger partial charge in [0.15, 0.2) is 0 Å². The Kier molecular flexibility index (Phi) is 8.30. The summed E-state index contributed by atoms with van der Waals surface area (Å²) in [5.41, 5.74) is 1.26. The van der Waals surface area contributed by atoms with Gasteiger partial charge in [0.1, 0.15) is 5.84 Å². The number of hydrogen-bond donors (Lipinski definition) is 1. The molecule has 0 radical (unpaired) electrons. The molecule has 6 heteroatoms. The van der Waals surface area contributed by atoms with Crippen LogP contribution in [0.2, 0.25) is 10.0 Å². The van der Waals surface area contributed by atoms with Crippen LogP contribution in [0.4, 0.5) is 5.69 Å². The molecule has 0 saturated carbocycles. The molecule has 0 aliphatic carbocycles. The van der Waals surface area contributed by atoms with E-state index in [1.54, 1.807) is 23.2 Å². The summed E-state index contributed by atoms with van der Waals surface area (Å²) in [4.78, 5) is 12.0. The average Bonchev–Trinajstić information content (AvgIpc) is 3.05. The number of carbonyl (C=O) groups is 1. The highest BCUT2D eigenvalue weighted by Gasteiger charge is 2.19. The summed E-state index contributed by atoms with van der Waals surface area (Å²) in [6.07, 6.45) is 5.23. The van der Waals surface area contributed by atoms with Crippen LogP contribution in [0.25, 0.3) is 0 Å². The molecule has 1 amide bonds. The van der Waals surface area contributed by atoms with Crippen LogP contribution in [0, 0.1) is 0 Å². The molecule has 24 heavy (non-hydrogen) atoms. The summed E-state index contributed by atoms with van der Waals surface area (Å²) < 4.78 is 0. The molecule has 4 nitrogen and oxygen atoms in total. The van der Waals surface area contributed by atoms with Crippen molar-refractivity contribution in [3.05, 3.63) is 65.2 Å². The molecular weight excluding hydrogens is 345 g/mol. The quantitative estimate of drug-likeness (QED) is 0.605. The van der Waals surface area contributed by atoms with Gasteiger partial charge in [-0.05, 0) is 18.2 Å². The van der Waals surface area contributed by atoms with Gasteiger partial charge >= 0.3 is 0 Å². The first-order valence-electron chi connectivity index (χ1n) is 7.61. The number of benzene rings is 1. The van der Waals surface area contributed by atoms with Gasteiger partial charge in [-0.25, -0.2) is 0 Å². The summed E-state index contributed by atoms with van der Waals surface area (Å²) >= 11 is 11.9. The Morgan fingerprint density at radius 3 is 2.58 bits per heavy atom. The Bertz CT molecular complexity index is 681. The maximum atomic E-state index is 12.0. The summed E-state index contributed by atoms with van der Waals surface area (Å²) in [6, 6.07) is 5.29. The van der Waals surface area contributed by atoms with Crippen LogP contribution < -0.4 is 10.3 Å². The normalized spacial score (nSPS) is 13.6. The molecule has 0 saturated heterocycles. The van der Waals surface area contributed by atoms with Crippen LogP contribution in [0.5, 0.6) is 0 Å². The molecule has 0 fully saturated rings. The minimum Gasteiger partial charge on any atom is -0.309 e. The predicted octanol–water partition coefficient (Wildman–Crippen LogP) is 4.96. The average molecular weight is 366 g/mol. The van der Waals surface area contributed by atoms with Crippen molar-refractivity contribution in [2.75, 3.05) is 11.6 Å². The van der Waals surface area contributed by atoms with Crippen LogP contribution in [-0.2, 0) is 4.79 Å². The smallest absolute Gasteiger partial charge is 0.256 e. The van der Waals surface area contributed by atoms with Crippen molar-refractivity contribution >= 4 is 40.6 Å². The van der Waals surface area contributed by atoms with Crippen molar-refractivity contribution < 1.29 is 4.79 Å². The molecule has 1 N–H and O–H groups in total. The van der Waals surface area contributed by atoms with Crippen molar-refractivity contribution in [3.8, 4) is 0 Å². The van der Waals surface area contributed by atoms with Crippen molar-refractivity contribution in [1.29, 1.82) is 0 Å². The minimum absolute atomic E-state index is 0.260. The molecule has 0 bridgehead atoms. The number of anilines is 1. The van der Waals surface area contributed by atoms with Crippen LogP contribution >= 0.6 is 23.2 Å². The predicted molar refractivity (Wildman–Crippen MR) is 104 cm³/mol. The molecular formula is C18H21Cl2N3O. The molecule has 1 heterocycles. The lowest BCUT2D eigenvalue weighted by Gasteiger charge is -2.13. The Balaban J connectivity index is 0.00000139. The van der Waals surface area contributed by atoms with E-state index in [1.165, 1.54) is 12.2 Å². The number of hydrogen-bond acceptors (Lipinski definition) is 3. The van der Waals surface area contributed by atoms with Gasteiger partial charge in [0, 0.05) is 18.5 Å². The van der Waals surface area contributed by atoms with Gasteiger partial charge in [0.25, 0.3) is 5.91 Å². The standard InChI is InChI=1S/C16H15Cl2N3O.C2H6/c1-3-5-11(4-2)16(22)19-15-8-9-21(20-15)12-6-7-13(17)14(18)10-12;1-2/h3-7,10H,1-2,8-9H2,(H,19,20,22);1-2H3/b11-5+;. The van der Waals surface area contributed by atoms with Gasteiger partial charge in [-0.3, -0.25) is 9.80 Å². The van der Waals surface area contributed by atoms with Gasteiger partial charge < -0.3 is 5.32 Å². The third-order valence-electron chi connectivity index (χ3n) is 3.04. The molecule has 0 aromatic heterocycles. The van der Waals surface area contributed by atoms with Gasteiger partial charge in [0.05, 0.1) is 15.7 Å². The Labute approximate surface area is 153 Å². The monoisotopic (exact) mass is 365 g/mol.